The smallest absolute Gasteiger partial charge is 0.274 e. The molecule has 0 aliphatic carbocycles. The zero-order chi connectivity index (χ0) is 23.1. The van der Waals surface area contributed by atoms with Crippen LogP contribution in [0.25, 0.3) is 22.1 Å². The maximum absolute atomic E-state index is 15.0. The molecule has 4 aromatic rings. The van der Waals surface area contributed by atoms with E-state index in [0.29, 0.717) is 41.0 Å². The molecular weight excluding hydrogens is 423 g/mol. The molecule has 1 amide bonds. The highest BCUT2D eigenvalue weighted by atomic mass is 19.1. The fourth-order valence-corrected chi connectivity index (χ4v) is 4.30. The summed E-state index contributed by atoms with van der Waals surface area (Å²) < 4.78 is 16.7. The third-order valence-electron chi connectivity index (χ3n) is 5.99. The number of aryl methyl sites for hydroxylation is 1. The lowest BCUT2D eigenvalue weighted by atomic mass is 9.98. The monoisotopic (exact) mass is 446 g/mol. The van der Waals surface area contributed by atoms with Crippen LogP contribution in [0.1, 0.15) is 27.2 Å². The van der Waals surface area contributed by atoms with E-state index in [0.717, 1.165) is 16.6 Å². The molecule has 1 unspecified atom stereocenters. The zero-order valence-corrected chi connectivity index (χ0v) is 18.3. The number of pyridine rings is 1. The summed E-state index contributed by atoms with van der Waals surface area (Å²) in [5.74, 6) is -0.276. The molecule has 0 fully saturated rings. The van der Waals surface area contributed by atoms with Crippen molar-refractivity contribution in [1.29, 1.82) is 0 Å². The van der Waals surface area contributed by atoms with Crippen molar-refractivity contribution >= 4 is 28.0 Å². The number of alkyl halides is 1. The van der Waals surface area contributed by atoms with Crippen molar-refractivity contribution in [1.82, 2.24) is 29.8 Å². The van der Waals surface area contributed by atoms with Gasteiger partial charge in [-0.05, 0) is 41.8 Å². The second kappa shape index (κ2) is 8.25. The summed E-state index contributed by atoms with van der Waals surface area (Å²) in [7, 11) is 1.54. The molecule has 0 saturated carbocycles. The fraction of sp³-hybridized carbons (Fsp3) is 0.250. The van der Waals surface area contributed by atoms with Crippen molar-refractivity contribution in [2.75, 3.05) is 20.1 Å². The van der Waals surface area contributed by atoms with E-state index in [1.165, 1.54) is 6.20 Å². The topological polar surface area (TPSA) is 95.4 Å². The fourth-order valence-electron chi connectivity index (χ4n) is 4.30. The first-order valence-corrected chi connectivity index (χ1v) is 10.7. The van der Waals surface area contributed by atoms with Crippen molar-refractivity contribution < 1.29 is 9.18 Å². The molecule has 4 heterocycles. The number of hydrogen-bond donors (Lipinski definition) is 2. The van der Waals surface area contributed by atoms with Gasteiger partial charge < -0.3 is 10.3 Å². The molecule has 0 radical (unpaired) electrons. The molecule has 0 saturated heterocycles. The number of aromatic nitrogens is 4. The van der Waals surface area contributed by atoms with Gasteiger partial charge >= 0.3 is 0 Å². The van der Waals surface area contributed by atoms with Crippen LogP contribution < -0.4 is 10.9 Å². The van der Waals surface area contributed by atoms with E-state index in [9.17, 15) is 9.59 Å². The molecule has 33 heavy (non-hydrogen) atoms. The summed E-state index contributed by atoms with van der Waals surface area (Å²) >= 11 is 0. The minimum Gasteiger partial charge on any atom is -0.354 e. The van der Waals surface area contributed by atoms with E-state index < -0.39 is 6.17 Å². The number of fused-ring (bicyclic) bond motifs is 3. The second-order valence-electron chi connectivity index (χ2n) is 8.23. The van der Waals surface area contributed by atoms with Gasteiger partial charge in [-0.1, -0.05) is 18.2 Å². The number of halogens is 1. The Morgan fingerprint density at radius 1 is 1.27 bits per heavy atom. The van der Waals surface area contributed by atoms with Gasteiger partial charge in [0.25, 0.3) is 11.5 Å². The van der Waals surface area contributed by atoms with Gasteiger partial charge in [-0.25, -0.2) is 8.91 Å². The average molecular weight is 446 g/mol. The minimum absolute atomic E-state index is 0.180. The Morgan fingerprint density at radius 3 is 2.85 bits per heavy atom. The van der Waals surface area contributed by atoms with Crippen LogP contribution in [0, 0.1) is 6.92 Å². The van der Waals surface area contributed by atoms with Crippen LogP contribution in [0.5, 0.6) is 0 Å². The van der Waals surface area contributed by atoms with Gasteiger partial charge in [0.15, 0.2) is 0 Å². The molecule has 5 rings (SSSR count). The number of amides is 1. The maximum Gasteiger partial charge on any atom is 0.274 e. The predicted octanol–water partition coefficient (Wildman–Crippen LogP) is 2.48. The molecule has 8 nitrogen and oxygen atoms in total. The van der Waals surface area contributed by atoms with E-state index in [1.54, 1.807) is 29.9 Å². The third-order valence-corrected chi connectivity index (χ3v) is 5.99. The highest BCUT2D eigenvalue weighted by Crippen LogP contribution is 2.26. The summed E-state index contributed by atoms with van der Waals surface area (Å²) in [6.07, 6.45) is 3.91. The molecule has 0 bridgehead atoms. The second-order valence-corrected chi connectivity index (χ2v) is 8.23. The van der Waals surface area contributed by atoms with Crippen LogP contribution in [-0.4, -0.2) is 56.7 Å². The van der Waals surface area contributed by atoms with Crippen molar-refractivity contribution in [2.24, 2.45) is 0 Å². The SMILES string of the molecule is CNC(=O)c1ccc(C2=CCN(Cc3ccc4c(c3)[nH]c(=O)c3c(C)cnn34)CC2F)cn1. The van der Waals surface area contributed by atoms with Crippen LogP contribution in [0.3, 0.4) is 0 Å². The van der Waals surface area contributed by atoms with E-state index in [-0.39, 0.29) is 18.0 Å². The highest BCUT2D eigenvalue weighted by molar-refractivity contribution is 5.92. The first-order valence-electron chi connectivity index (χ1n) is 10.7. The summed E-state index contributed by atoms with van der Waals surface area (Å²) in [5, 5.41) is 6.84. The van der Waals surface area contributed by atoms with Gasteiger partial charge in [-0.15, -0.1) is 0 Å². The highest BCUT2D eigenvalue weighted by Gasteiger charge is 2.24. The first-order chi connectivity index (χ1) is 15.9. The van der Waals surface area contributed by atoms with Gasteiger partial charge in [0.1, 0.15) is 17.4 Å². The number of aromatic amines is 1. The van der Waals surface area contributed by atoms with E-state index >= 15 is 4.39 Å². The number of benzene rings is 1. The molecule has 1 aliphatic rings. The van der Waals surface area contributed by atoms with Gasteiger partial charge in [0.2, 0.25) is 0 Å². The molecule has 2 N–H and O–H groups in total. The lowest BCUT2D eigenvalue weighted by molar-refractivity contribution is 0.0958. The molecular formula is C24H23FN6O2. The van der Waals surface area contributed by atoms with E-state index in [1.807, 2.05) is 36.1 Å². The van der Waals surface area contributed by atoms with Crippen LogP contribution in [-0.2, 0) is 6.54 Å². The Bertz CT molecular complexity index is 1450. The van der Waals surface area contributed by atoms with Crippen molar-refractivity contribution in [3.8, 4) is 0 Å². The standard InChI is InChI=1S/C24H23FN6O2/c1-14-10-28-31-21-6-3-15(9-20(21)29-24(33)22(14)31)12-30-8-7-17(18(25)13-30)16-4-5-19(27-11-16)23(32)26-2/h3-7,9-11,18H,8,12-13H2,1-2H3,(H,26,32)(H,29,33). The van der Waals surface area contributed by atoms with E-state index in [4.69, 9.17) is 0 Å². The van der Waals surface area contributed by atoms with Crippen LogP contribution in [0.4, 0.5) is 4.39 Å². The number of hydrogen-bond acceptors (Lipinski definition) is 5. The van der Waals surface area contributed by atoms with Crippen LogP contribution in [0.15, 0.2) is 53.6 Å². The lowest BCUT2D eigenvalue weighted by Gasteiger charge is -2.29. The van der Waals surface area contributed by atoms with Crippen LogP contribution >= 0.6 is 0 Å². The summed E-state index contributed by atoms with van der Waals surface area (Å²) in [6, 6.07) is 9.15. The Labute approximate surface area is 188 Å². The Hall–Kier alpha value is -3.85. The Balaban J connectivity index is 1.35. The van der Waals surface area contributed by atoms with Crippen molar-refractivity contribution in [3.05, 3.63) is 81.5 Å². The number of carbonyl (C=O) groups is 1. The lowest BCUT2D eigenvalue weighted by Crippen LogP contribution is -2.35. The number of rotatable bonds is 4. The van der Waals surface area contributed by atoms with Gasteiger partial charge in [0.05, 0.1) is 17.2 Å². The largest absolute Gasteiger partial charge is 0.354 e. The number of nitrogens with one attached hydrogen (secondary N) is 2. The molecule has 1 aliphatic heterocycles. The predicted molar refractivity (Wildman–Crippen MR) is 124 cm³/mol. The molecule has 9 heteroatoms. The Morgan fingerprint density at radius 2 is 2.12 bits per heavy atom. The van der Waals surface area contributed by atoms with Crippen LogP contribution in [0.2, 0.25) is 0 Å². The minimum atomic E-state index is -1.17. The first kappa shape index (κ1) is 21.0. The quantitative estimate of drug-likeness (QED) is 0.502. The summed E-state index contributed by atoms with van der Waals surface area (Å²) in [5.41, 5.74) is 5.23. The normalized spacial score (nSPS) is 16.8. The molecule has 1 aromatic carbocycles. The van der Waals surface area contributed by atoms with Gasteiger partial charge in [-0.2, -0.15) is 5.10 Å². The van der Waals surface area contributed by atoms with Gasteiger partial charge in [0, 0.05) is 38.4 Å². The third kappa shape index (κ3) is 3.80. The number of H-pyrrole nitrogens is 1. The molecule has 1 atom stereocenters. The maximum atomic E-state index is 15.0. The summed E-state index contributed by atoms with van der Waals surface area (Å²) in [6.45, 7) is 3.23. The molecule has 0 spiro atoms. The average Bonchev–Trinajstić information content (AvgIpc) is 3.21. The van der Waals surface area contributed by atoms with E-state index in [2.05, 4.69) is 20.4 Å². The van der Waals surface area contributed by atoms with Crippen molar-refractivity contribution in [3.63, 3.8) is 0 Å². The Kier molecular flexibility index (Phi) is 5.26. The van der Waals surface area contributed by atoms with Crippen molar-refractivity contribution in [2.45, 2.75) is 19.6 Å². The zero-order valence-electron chi connectivity index (χ0n) is 18.3. The molecule has 168 valence electrons. The number of carbonyl (C=O) groups excluding carboxylic acids is 1. The summed E-state index contributed by atoms with van der Waals surface area (Å²) in [4.78, 5) is 33.2. The van der Waals surface area contributed by atoms with Gasteiger partial charge in [-0.3, -0.25) is 19.5 Å². The molecule has 3 aromatic heterocycles. The number of nitrogens with zero attached hydrogens (tertiary/aromatic N) is 4.